The molecule has 4 N–H and O–H groups in total. The number of fused-ring (bicyclic) bond motifs is 1. The van der Waals surface area contributed by atoms with Gasteiger partial charge >= 0.3 is 0 Å². The third-order valence-electron chi connectivity index (χ3n) is 5.22. The number of H-pyrrole nitrogens is 1. The minimum atomic E-state index is -0.653. The summed E-state index contributed by atoms with van der Waals surface area (Å²) < 4.78 is 16.2. The first kappa shape index (κ1) is 19.1. The molecule has 1 saturated heterocycles. The monoisotopic (exact) mass is 398 g/mol. The van der Waals surface area contributed by atoms with Gasteiger partial charge in [-0.25, -0.2) is 14.4 Å². The minimum absolute atomic E-state index is 0.0673. The van der Waals surface area contributed by atoms with Crippen LogP contribution in [0.5, 0.6) is 0 Å². The van der Waals surface area contributed by atoms with Crippen molar-refractivity contribution in [1.82, 2.24) is 24.6 Å². The number of nitrogens with one attached hydrogen (secondary N) is 1. The highest BCUT2D eigenvalue weighted by atomic mass is 19.1. The molecule has 0 bridgehead atoms. The van der Waals surface area contributed by atoms with Gasteiger partial charge in [0.25, 0.3) is 0 Å². The van der Waals surface area contributed by atoms with Crippen molar-refractivity contribution in [3.05, 3.63) is 42.4 Å². The van der Waals surface area contributed by atoms with E-state index in [-0.39, 0.29) is 17.9 Å². The molecule has 9 nitrogen and oxygen atoms in total. The van der Waals surface area contributed by atoms with Gasteiger partial charge in [0.05, 0.1) is 17.5 Å². The Morgan fingerprint density at radius 1 is 1.48 bits per heavy atom. The molecule has 1 aliphatic heterocycles. The van der Waals surface area contributed by atoms with E-state index in [1.807, 2.05) is 4.40 Å². The molecule has 0 radical (unpaired) electrons. The Kier molecular flexibility index (Phi) is 5.01. The van der Waals surface area contributed by atoms with E-state index in [0.717, 1.165) is 12.0 Å². The molecule has 152 valence electrons. The molecule has 10 heteroatoms. The van der Waals surface area contributed by atoms with Gasteiger partial charge in [-0.1, -0.05) is 0 Å². The molecule has 1 fully saturated rings. The molecule has 29 heavy (non-hydrogen) atoms. The van der Waals surface area contributed by atoms with Crippen molar-refractivity contribution in [2.24, 2.45) is 10.7 Å². The van der Waals surface area contributed by atoms with Gasteiger partial charge < -0.3 is 15.7 Å². The molecular weight excluding hydrogens is 375 g/mol. The van der Waals surface area contributed by atoms with Crippen molar-refractivity contribution in [1.29, 1.82) is 0 Å². The van der Waals surface area contributed by atoms with Crippen LogP contribution in [0.3, 0.4) is 0 Å². The van der Waals surface area contributed by atoms with Gasteiger partial charge in [0.1, 0.15) is 23.6 Å². The highest BCUT2D eigenvalue weighted by molar-refractivity contribution is 6.10. The maximum absolute atomic E-state index is 14.4. The van der Waals surface area contributed by atoms with Gasteiger partial charge in [0.15, 0.2) is 11.5 Å². The number of halogens is 1. The van der Waals surface area contributed by atoms with Crippen molar-refractivity contribution in [3.8, 4) is 11.4 Å². The zero-order chi connectivity index (χ0) is 20.5. The van der Waals surface area contributed by atoms with Crippen LogP contribution in [-0.4, -0.2) is 61.1 Å². The SMILES string of the molecule is CN=C(C(F)=CN)c1cc(N2CC[C@@H](O)C[C@H]2C)n2cnc(-c3ccn[nH]3)c2n1. The number of piperidine rings is 1. The number of aromatic nitrogens is 5. The van der Waals surface area contributed by atoms with Gasteiger partial charge in [-0.3, -0.25) is 14.5 Å². The van der Waals surface area contributed by atoms with Crippen LogP contribution in [0, 0.1) is 0 Å². The molecule has 0 spiro atoms. The Labute approximate surface area is 166 Å². The summed E-state index contributed by atoms with van der Waals surface area (Å²) in [6.07, 6.45) is 5.17. The zero-order valence-electron chi connectivity index (χ0n) is 16.2. The number of aliphatic hydroxyl groups is 1. The number of aliphatic imine (C=N–C) groups is 1. The second-order valence-corrected chi connectivity index (χ2v) is 7.06. The third-order valence-corrected chi connectivity index (χ3v) is 5.22. The Hall–Kier alpha value is -3.27. The van der Waals surface area contributed by atoms with Crippen LogP contribution < -0.4 is 10.6 Å². The average Bonchev–Trinajstić information content (AvgIpc) is 3.37. The third kappa shape index (κ3) is 3.35. The van der Waals surface area contributed by atoms with Gasteiger partial charge in [0.2, 0.25) is 0 Å². The van der Waals surface area contributed by atoms with E-state index in [1.54, 1.807) is 24.7 Å². The second-order valence-electron chi connectivity index (χ2n) is 7.06. The van der Waals surface area contributed by atoms with E-state index in [9.17, 15) is 9.50 Å². The lowest BCUT2D eigenvalue weighted by Crippen LogP contribution is -2.43. The molecule has 0 aromatic carbocycles. The molecule has 2 atom stereocenters. The molecule has 0 amide bonds. The number of aromatic amines is 1. The van der Waals surface area contributed by atoms with E-state index < -0.39 is 5.83 Å². The Bertz CT molecular complexity index is 1070. The highest BCUT2D eigenvalue weighted by Gasteiger charge is 2.28. The summed E-state index contributed by atoms with van der Waals surface area (Å²) in [4.78, 5) is 15.4. The van der Waals surface area contributed by atoms with Crippen LogP contribution >= 0.6 is 0 Å². The number of nitrogens with zero attached hydrogens (tertiary/aromatic N) is 6. The van der Waals surface area contributed by atoms with Gasteiger partial charge in [0, 0.05) is 38.1 Å². The van der Waals surface area contributed by atoms with Gasteiger partial charge in [-0.2, -0.15) is 5.10 Å². The molecule has 4 rings (SSSR count). The van der Waals surface area contributed by atoms with E-state index in [2.05, 4.69) is 37.0 Å². The number of aliphatic hydroxyl groups excluding tert-OH is 1. The summed E-state index contributed by atoms with van der Waals surface area (Å²) in [5.41, 5.74) is 7.66. The summed E-state index contributed by atoms with van der Waals surface area (Å²) >= 11 is 0. The average molecular weight is 398 g/mol. The summed E-state index contributed by atoms with van der Waals surface area (Å²) in [5.74, 6) is 0.147. The summed E-state index contributed by atoms with van der Waals surface area (Å²) in [5, 5.41) is 16.9. The lowest BCUT2D eigenvalue weighted by Gasteiger charge is -2.37. The number of hydrogen-bond acceptors (Lipinski definition) is 7. The van der Waals surface area contributed by atoms with Crippen molar-refractivity contribution >= 4 is 17.2 Å². The number of imidazole rings is 1. The Balaban J connectivity index is 1.94. The molecule has 0 unspecified atom stereocenters. The predicted octanol–water partition coefficient (Wildman–Crippen LogP) is 1.66. The topological polar surface area (TPSA) is 121 Å². The van der Waals surface area contributed by atoms with Crippen LogP contribution in [0.4, 0.5) is 10.2 Å². The van der Waals surface area contributed by atoms with Crippen molar-refractivity contribution in [2.75, 3.05) is 18.5 Å². The van der Waals surface area contributed by atoms with Gasteiger partial charge in [-0.15, -0.1) is 0 Å². The first-order valence-electron chi connectivity index (χ1n) is 9.41. The number of hydrogen-bond donors (Lipinski definition) is 3. The maximum atomic E-state index is 14.4. The first-order chi connectivity index (χ1) is 14.0. The summed E-state index contributed by atoms with van der Waals surface area (Å²) in [6, 6.07) is 3.67. The minimum Gasteiger partial charge on any atom is -0.402 e. The van der Waals surface area contributed by atoms with Crippen LogP contribution in [0.15, 0.2) is 41.7 Å². The molecule has 0 saturated carbocycles. The normalized spacial score (nSPS) is 21.2. The molecule has 0 aliphatic carbocycles. The predicted molar refractivity (Wildman–Crippen MR) is 108 cm³/mol. The molecule has 1 aliphatic rings. The fourth-order valence-electron chi connectivity index (χ4n) is 3.79. The molecule has 4 heterocycles. The Morgan fingerprint density at radius 2 is 2.31 bits per heavy atom. The number of nitrogens with two attached hydrogens (primary N) is 1. The molecule has 3 aromatic heterocycles. The Morgan fingerprint density at radius 3 is 2.97 bits per heavy atom. The summed E-state index contributed by atoms with van der Waals surface area (Å²) in [7, 11) is 1.50. The fourth-order valence-corrected chi connectivity index (χ4v) is 3.79. The smallest absolute Gasteiger partial charge is 0.168 e. The quantitative estimate of drug-likeness (QED) is 0.575. The van der Waals surface area contributed by atoms with E-state index in [1.165, 1.54) is 7.05 Å². The fraction of sp³-hybridized carbons (Fsp3) is 0.368. The second kappa shape index (κ2) is 7.63. The first-order valence-corrected chi connectivity index (χ1v) is 9.41. The largest absolute Gasteiger partial charge is 0.402 e. The van der Waals surface area contributed by atoms with Crippen molar-refractivity contribution in [2.45, 2.75) is 31.9 Å². The number of anilines is 1. The van der Waals surface area contributed by atoms with Gasteiger partial charge in [-0.05, 0) is 25.8 Å². The zero-order valence-corrected chi connectivity index (χ0v) is 16.2. The van der Waals surface area contributed by atoms with Crippen molar-refractivity contribution < 1.29 is 9.50 Å². The molecular formula is C19H23FN8O. The highest BCUT2D eigenvalue weighted by Crippen LogP contribution is 2.30. The van der Waals surface area contributed by atoms with Crippen LogP contribution in [0.2, 0.25) is 0 Å². The van der Waals surface area contributed by atoms with Crippen molar-refractivity contribution in [3.63, 3.8) is 0 Å². The standard InChI is InChI=1S/C19H23FN8O/c1-11-7-12(29)4-6-27(11)16-8-15(17(22-2)13(20)9-21)25-19-18(23-10-28(16)19)14-3-5-24-26-14/h3,5,8-12,29H,4,6-7,21H2,1-2H3,(H,24,26)/t11-,12-/m1/s1. The van der Waals surface area contributed by atoms with E-state index >= 15 is 0 Å². The lowest BCUT2D eigenvalue weighted by molar-refractivity contribution is 0.131. The lowest BCUT2D eigenvalue weighted by atomic mass is 10.0. The van der Waals surface area contributed by atoms with Crippen LogP contribution in [-0.2, 0) is 0 Å². The van der Waals surface area contributed by atoms with E-state index in [4.69, 9.17) is 5.73 Å². The number of allylic oxidation sites excluding steroid dienone is 1. The molecule has 3 aromatic rings. The van der Waals surface area contributed by atoms with Crippen LogP contribution in [0.1, 0.15) is 25.5 Å². The van der Waals surface area contributed by atoms with E-state index in [0.29, 0.717) is 42.1 Å². The van der Waals surface area contributed by atoms with Crippen LogP contribution in [0.25, 0.3) is 17.0 Å². The maximum Gasteiger partial charge on any atom is 0.168 e. The number of rotatable bonds is 4. The summed E-state index contributed by atoms with van der Waals surface area (Å²) in [6.45, 7) is 2.71.